The molecule has 3 heteroatoms. The fourth-order valence-electron chi connectivity index (χ4n) is 1.08. The first kappa shape index (κ1) is 7.09. The first-order valence-electron chi connectivity index (χ1n) is 3.33. The van der Waals surface area contributed by atoms with Crippen LogP contribution in [0.25, 0.3) is 11.0 Å². The molecule has 2 rings (SSSR count). The topological polar surface area (TPSA) is 28.7 Å². The summed E-state index contributed by atoms with van der Waals surface area (Å²) in [4.78, 5) is 9.63. The third-order valence-electron chi connectivity index (χ3n) is 1.60. The van der Waals surface area contributed by atoms with Gasteiger partial charge in [0.25, 0.3) is 0 Å². The molecule has 0 aliphatic heterocycles. The molecule has 0 atom stereocenters. The van der Waals surface area contributed by atoms with Crippen molar-refractivity contribution >= 4 is 11.0 Å². The second kappa shape index (κ2) is 2.81. The summed E-state index contributed by atoms with van der Waals surface area (Å²) in [5.74, 6) is 0. The number of H-pyrrole nitrogens is 1. The third-order valence-corrected chi connectivity index (χ3v) is 3.66. The van der Waals surface area contributed by atoms with Crippen molar-refractivity contribution in [3.8, 4) is 0 Å². The van der Waals surface area contributed by atoms with Gasteiger partial charge in [-0.1, -0.05) is 0 Å². The van der Waals surface area contributed by atoms with Crippen molar-refractivity contribution in [1.29, 1.82) is 0 Å². The van der Waals surface area contributed by atoms with Gasteiger partial charge in [-0.3, -0.25) is 0 Å². The molecule has 11 heavy (non-hydrogen) atoms. The Morgan fingerprint density at radius 1 is 1.55 bits per heavy atom. The summed E-state index contributed by atoms with van der Waals surface area (Å²) in [6.07, 6.45) is 3.89. The van der Waals surface area contributed by atoms with E-state index in [4.69, 9.17) is 0 Å². The molecule has 0 fully saturated rings. The van der Waals surface area contributed by atoms with Crippen LogP contribution in [0.4, 0.5) is 0 Å². The van der Waals surface area contributed by atoms with Crippen LogP contribution >= 0.6 is 0 Å². The number of fused-ring (bicyclic) bond motifs is 1. The predicted molar refractivity (Wildman–Crippen MR) is 40.7 cm³/mol. The van der Waals surface area contributed by atoms with E-state index in [1.165, 1.54) is 8.96 Å². The zero-order valence-electron chi connectivity index (χ0n) is 6.13. The van der Waals surface area contributed by atoms with E-state index >= 15 is 0 Å². The summed E-state index contributed by atoms with van der Waals surface area (Å²) in [5, 5.41) is 1.29. The van der Waals surface area contributed by atoms with E-state index < -0.39 is 0 Å². The van der Waals surface area contributed by atoms with Gasteiger partial charge in [-0.05, 0) is 0 Å². The maximum absolute atomic E-state index is 4.21. The van der Waals surface area contributed by atoms with E-state index in [-0.39, 0.29) is 21.2 Å². The Labute approximate surface area is 75.3 Å². The van der Waals surface area contributed by atoms with Gasteiger partial charge in [-0.15, -0.1) is 0 Å². The molecule has 0 unspecified atom stereocenters. The fourth-order valence-corrected chi connectivity index (χ4v) is 2.56. The van der Waals surface area contributed by atoms with Gasteiger partial charge in [0.2, 0.25) is 0 Å². The van der Waals surface area contributed by atoms with Crippen LogP contribution in [0.15, 0.2) is 24.5 Å². The molecule has 1 N–H and O–H groups in total. The molecule has 2 aromatic heterocycles. The molecule has 0 amide bonds. The average molecular weight is 259 g/mol. The van der Waals surface area contributed by atoms with Crippen LogP contribution < -0.4 is 21.2 Å². The van der Waals surface area contributed by atoms with Gasteiger partial charge in [0.05, 0.1) is 0 Å². The number of rotatable bonds is 1. The van der Waals surface area contributed by atoms with Crippen LogP contribution in [0.5, 0.6) is 0 Å². The summed E-state index contributed by atoms with van der Waals surface area (Å²) < 4.78 is 1.45. The molecule has 0 radical (unpaired) electrons. The number of nitrogens with one attached hydrogen (secondary N) is 1. The zero-order valence-corrected chi connectivity index (χ0v) is 8.29. The SMILES string of the molecule is C[I-]c1c[nH]c2ncccc12. The van der Waals surface area contributed by atoms with Gasteiger partial charge in [-0.25, -0.2) is 0 Å². The Kier molecular flexibility index (Phi) is 1.81. The number of aromatic nitrogens is 2. The molecule has 0 bridgehead atoms. The van der Waals surface area contributed by atoms with Crippen molar-refractivity contribution in [2.75, 3.05) is 4.93 Å². The van der Waals surface area contributed by atoms with Crippen molar-refractivity contribution in [3.05, 3.63) is 28.1 Å². The van der Waals surface area contributed by atoms with Gasteiger partial charge in [-0.2, -0.15) is 0 Å². The number of pyridine rings is 1. The van der Waals surface area contributed by atoms with Crippen molar-refractivity contribution in [3.63, 3.8) is 0 Å². The van der Waals surface area contributed by atoms with Gasteiger partial charge < -0.3 is 0 Å². The molecule has 0 aliphatic rings. The second-order valence-electron chi connectivity index (χ2n) is 2.23. The minimum absolute atomic E-state index is 0.174. The molecule has 0 spiro atoms. The molecule has 0 aromatic carbocycles. The van der Waals surface area contributed by atoms with Crippen molar-refractivity contribution in [2.24, 2.45) is 0 Å². The van der Waals surface area contributed by atoms with Crippen LogP contribution in [0.1, 0.15) is 0 Å². The van der Waals surface area contributed by atoms with Gasteiger partial charge in [0.15, 0.2) is 0 Å². The molecule has 2 nitrogen and oxygen atoms in total. The normalized spacial score (nSPS) is 11.0. The first-order valence-corrected chi connectivity index (χ1v) is 6.57. The number of aromatic amines is 1. The maximum atomic E-state index is 4.21. The Balaban J connectivity index is 2.76. The summed E-state index contributed by atoms with van der Waals surface area (Å²) in [5.41, 5.74) is 1.02. The average Bonchev–Trinajstić information content (AvgIpc) is 2.47. The standard InChI is InChI=1S/C8H8IN2/c1-9-7-5-11-8-6(7)3-2-4-10-8/h2-5H,1H3,(H,10,11)/q-1. The second-order valence-corrected chi connectivity index (χ2v) is 4.47. The number of hydrogen-bond acceptors (Lipinski definition) is 1. The van der Waals surface area contributed by atoms with Crippen LogP contribution in [-0.2, 0) is 0 Å². The summed E-state index contributed by atoms with van der Waals surface area (Å²) in [6.45, 7) is 0. The third kappa shape index (κ3) is 1.13. The summed E-state index contributed by atoms with van der Waals surface area (Å²) in [6, 6.07) is 4.11. The molecule has 0 aliphatic carbocycles. The molecule has 0 saturated carbocycles. The number of hydrogen-bond donors (Lipinski definition) is 1. The van der Waals surface area contributed by atoms with E-state index in [1.54, 1.807) is 0 Å². The van der Waals surface area contributed by atoms with Gasteiger partial charge in [0.1, 0.15) is 0 Å². The van der Waals surface area contributed by atoms with Crippen LogP contribution in [0.2, 0.25) is 0 Å². The quantitative estimate of drug-likeness (QED) is 0.487. The van der Waals surface area contributed by atoms with Crippen molar-refractivity contribution < 1.29 is 21.2 Å². The predicted octanol–water partition coefficient (Wildman–Crippen LogP) is -1.55. The molecular formula is C8H8IN2-. The monoisotopic (exact) mass is 259 g/mol. The minimum atomic E-state index is 0.174. The van der Waals surface area contributed by atoms with Gasteiger partial charge in [0, 0.05) is 0 Å². The first-order chi connectivity index (χ1) is 5.42. The van der Waals surface area contributed by atoms with Crippen LogP contribution in [-0.4, -0.2) is 14.9 Å². The van der Waals surface area contributed by atoms with E-state index in [0.29, 0.717) is 0 Å². The Bertz CT molecular complexity index is 367. The van der Waals surface area contributed by atoms with E-state index in [0.717, 1.165) is 5.65 Å². The number of halogens is 1. The van der Waals surface area contributed by atoms with Crippen molar-refractivity contribution in [1.82, 2.24) is 9.97 Å². The summed E-state index contributed by atoms with van der Waals surface area (Å²) in [7, 11) is 0. The molecular weight excluding hydrogens is 251 g/mol. The van der Waals surface area contributed by atoms with Crippen LogP contribution in [0, 0.1) is 3.57 Å². The molecule has 0 saturated heterocycles. The number of nitrogens with zero attached hydrogens (tertiary/aromatic N) is 1. The van der Waals surface area contributed by atoms with E-state index in [2.05, 4.69) is 27.2 Å². The fraction of sp³-hybridized carbons (Fsp3) is 0.125. The Hall–Kier alpha value is -0.580. The van der Waals surface area contributed by atoms with Crippen LogP contribution in [0.3, 0.4) is 0 Å². The summed E-state index contributed by atoms with van der Waals surface area (Å²) >= 11 is 0.174. The Morgan fingerprint density at radius 3 is 3.27 bits per heavy atom. The van der Waals surface area contributed by atoms with Crippen molar-refractivity contribution in [2.45, 2.75) is 0 Å². The molecule has 58 valence electrons. The van der Waals surface area contributed by atoms with E-state index in [9.17, 15) is 0 Å². The molecule has 2 heterocycles. The Morgan fingerprint density at radius 2 is 2.45 bits per heavy atom. The zero-order chi connectivity index (χ0) is 7.68. The van der Waals surface area contributed by atoms with Gasteiger partial charge >= 0.3 is 75.2 Å². The molecule has 2 aromatic rings. The number of alkyl halides is 1. The van der Waals surface area contributed by atoms with E-state index in [1.807, 2.05) is 12.3 Å².